The second kappa shape index (κ2) is 5.89. The Morgan fingerprint density at radius 1 is 1.14 bits per heavy atom. The SMILES string of the molecule is CCc1cccc(CC)c1NS(=O)(=O)c1c(C)noc1C. The molecule has 1 aromatic heterocycles. The van der Waals surface area contributed by atoms with Crippen LogP contribution in [0.25, 0.3) is 0 Å². The van der Waals surface area contributed by atoms with Crippen molar-refractivity contribution in [1.82, 2.24) is 5.16 Å². The normalized spacial score (nSPS) is 11.6. The number of aryl methyl sites for hydroxylation is 4. The highest BCUT2D eigenvalue weighted by atomic mass is 32.2. The monoisotopic (exact) mass is 308 g/mol. The van der Waals surface area contributed by atoms with Gasteiger partial charge in [0.2, 0.25) is 0 Å². The van der Waals surface area contributed by atoms with Gasteiger partial charge in [-0.25, -0.2) is 8.42 Å². The smallest absolute Gasteiger partial charge is 0.267 e. The molecule has 0 fully saturated rings. The van der Waals surface area contributed by atoms with Crippen molar-refractivity contribution in [2.75, 3.05) is 4.72 Å². The molecule has 1 aromatic carbocycles. The van der Waals surface area contributed by atoms with Gasteiger partial charge in [0.05, 0.1) is 5.69 Å². The maximum absolute atomic E-state index is 12.6. The molecule has 6 heteroatoms. The summed E-state index contributed by atoms with van der Waals surface area (Å²) in [4.78, 5) is 0.121. The number of hydrogen-bond donors (Lipinski definition) is 1. The fraction of sp³-hybridized carbons (Fsp3) is 0.400. The molecular formula is C15H20N2O3S. The highest BCUT2D eigenvalue weighted by molar-refractivity contribution is 7.92. The maximum atomic E-state index is 12.6. The highest BCUT2D eigenvalue weighted by Gasteiger charge is 2.25. The van der Waals surface area contributed by atoms with Crippen molar-refractivity contribution in [1.29, 1.82) is 0 Å². The van der Waals surface area contributed by atoms with Crippen LogP contribution in [0.2, 0.25) is 0 Å². The van der Waals surface area contributed by atoms with E-state index in [1.54, 1.807) is 13.8 Å². The number of aromatic nitrogens is 1. The van der Waals surface area contributed by atoms with Gasteiger partial charge in [-0.05, 0) is 37.8 Å². The molecule has 0 unspecified atom stereocenters. The van der Waals surface area contributed by atoms with Crippen LogP contribution in [0.5, 0.6) is 0 Å². The van der Waals surface area contributed by atoms with E-state index in [4.69, 9.17) is 4.52 Å². The first-order chi connectivity index (χ1) is 9.90. The van der Waals surface area contributed by atoms with E-state index < -0.39 is 10.0 Å². The quantitative estimate of drug-likeness (QED) is 0.920. The Balaban J connectivity index is 2.51. The van der Waals surface area contributed by atoms with Crippen LogP contribution in [0.4, 0.5) is 5.69 Å². The summed E-state index contributed by atoms with van der Waals surface area (Å²) >= 11 is 0. The lowest BCUT2D eigenvalue weighted by molar-refractivity contribution is 0.390. The molecular weight excluding hydrogens is 288 g/mol. The average Bonchev–Trinajstić information content (AvgIpc) is 2.78. The van der Waals surface area contributed by atoms with Gasteiger partial charge in [-0.1, -0.05) is 37.2 Å². The minimum Gasteiger partial charge on any atom is -0.360 e. The van der Waals surface area contributed by atoms with Crippen LogP contribution in [-0.2, 0) is 22.9 Å². The molecule has 0 saturated heterocycles. The van der Waals surface area contributed by atoms with Crippen LogP contribution in [-0.4, -0.2) is 13.6 Å². The number of sulfonamides is 1. The largest absolute Gasteiger partial charge is 0.360 e. The number of para-hydroxylation sites is 1. The summed E-state index contributed by atoms with van der Waals surface area (Å²) in [5, 5.41) is 3.72. The predicted molar refractivity (Wildman–Crippen MR) is 82.0 cm³/mol. The number of hydrogen-bond acceptors (Lipinski definition) is 4. The third-order valence-electron chi connectivity index (χ3n) is 3.47. The van der Waals surface area contributed by atoms with Crippen molar-refractivity contribution in [2.24, 2.45) is 0 Å². The Morgan fingerprint density at radius 2 is 1.71 bits per heavy atom. The number of nitrogens with one attached hydrogen (secondary N) is 1. The number of anilines is 1. The molecule has 114 valence electrons. The van der Waals surface area contributed by atoms with Crippen molar-refractivity contribution < 1.29 is 12.9 Å². The Kier molecular flexibility index (Phi) is 4.37. The van der Waals surface area contributed by atoms with Crippen LogP contribution in [0.3, 0.4) is 0 Å². The van der Waals surface area contributed by atoms with Crippen molar-refractivity contribution >= 4 is 15.7 Å². The number of nitrogens with zero attached hydrogens (tertiary/aromatic N) is 1. The molecule has 0 amide bonds. The van der Waals surface area contributed by atoms with E-state index in [9.17, 15) is 8.42 Å². The van der Waals surface area contributed by atoms with Gasteiger partial charge >= 0.3 is 0 Å². The molecule has 2 rings (SSSR count). The van der Waals surface area contributed by atoms with Gasteiger partial charge in [0.1, 0.15) is 5.69 Å². The molecule has 21 heavy (non-hydrogen) atoms. The fourth-order valence-corrected chi connectivity index (χ4v) is 3.89. The number of benzene rings is 1. The summed E-state index contributed by atoms with van der Waals surface area (Å²) in [6, 6.07) is 5.82. The zero-order valence-corrected chi connectivity index (χ0v) is 13.5. The van der Waals surface area contributed by atoms with Gasteiger partial charge in [0.25, 0.3) is 10.0 Å². The van der Waals surface area contributed by atoms with E-state index in [2.05, 4.69) is 9.88 Å². The Bertz CT molecular complexity index is 707. The molecule has 0 atom stereocenters. The van der Waals surface area contributed by atoms with Crippen LogP contribution in [0, 0.1) is 13.8 Å². The zero-order valence-electron chi connectivity index (χ0n) is 12.7. The molecule has 1 N–H and O–H groups in total. The van der Waals surface area contributed by atoms with Crippen molar-refractivity contribution in [3.63, 3.8) is 0 Å². The highest BCUT2D eigenvalue weighted by Crippen LogP contribution is 2.27. The molecule has 0 radical (unpaired) electrons. The lowest BCUT2D eigenvalue weighted by Gasteiger charge is -2.15. The minimum atomic E-state index is -3.70. The first-order valence-corrected chi connectivity index (χ1v) is 8.45. The van der Waals surface area contributed by atoms with Crippen molar-refractivity contribution in [3.8, 4) is 0 Å². The van der Waals surface area contributed by atoms with Gasteiger partial charge in [0, 0.05) is 0 Å². The maximum Gasteiger partial charge on any atom is 0.267 e. The standard InChI is InChI=1S/C15H20N2O3S/c1-5-12-8-7-9-13(6-2)14(12)17-21(18,19)15-10(3)16-20-11(15)4/h7-9,17H,5-6H2,1-4H3. The third kappa shape index (κ3) is 2.95. The van der Waals surface area contributed by atoms with E-state index in [0.29, 0.717) is 17.1 Å². The lowest BCUT2D eigenvalue weighted by atomic mass is 10.0. The molecule has 0 aliphatic carbocycles. The molecule has 0 aliphatic rings. The summed E-state index contributed by atoms with van der Waals surface area (Å²) in [6.07, 6.45) is 1.51. The first-order valence-electron chi connectivity index (χ1n) is 6.97. The van der Waals surface area contributed by atoms with Gasteiger partial charge < -0.3 is 4.52 Å². The predicted octanol–water partition coefficient (Wildman–Crippen LogP) is 3.22. The van der Waals surface area contributed by atoms with Crippen molar-refractivity contribution in [2.45, 2.75) is 45.4 Å². The van der Waals surface area contributed by atoms with Gasteiger partial charge in [-0.15, -0.1) is 0 Å². The second-order valence-electron chi connectivity index (χ2n) is 4.92. The van der Waals surface area contributed by atoms with Gasteiger partial charge in [-0.3, -0.25) is 4.72 Å². The van der Waals surface area contributed by atoms with E-state index in [1.165, 1.54) is 0 Å². The molecule has 1 heterocycles. The Labute approximate surface area is 125 Å². The Hall–Kier alpha value is -1.82. The minimum absolute atomic E-state index is 0.121. The van der Waals surface area contributed by atoms with Gasteiger partial charge in [-0.2, -0.15) is 0 Å². The first kappa shape index (κ1) is 15.6. The zero-order chi connectivity index (χ0) is 15.6. The van der Waals surface area contributed by atoms with Gasteiger partial charge in [0.15, 0.2) is 10.7 Å². The Morgan fingerprint density at radius 3 is 2.14 bits per heavy atom. The van der Waals surface area contributed by atoms with Crippen LogP contribution in [0.15, 0.2) is 27.6 Å². The molecule has 0 bridgehead atoms. The molecule has 0 aliphatic heterocycles. The molecule has 5 nitrogen and oxygen atoms in total. The summed E-state index contributed by atoms with van der Waals surface area (Å²) in [6.45, 7) is 7.23. The lowest BCUT2D eigenvalue weighted by Crippen LogP contribution is -2.17. The van der Waals surface area contributed by atoms with Crippen LogP contribution >= 0.6 is 0 Å². The summed E-state index contributed by atoms with van der Waals surface area (Å²) in [5.74, 6) is 0.298. The summed E-state index contributed by atoms with van der Waals surface area (Å²) in [7, 11) is -3.70. The number of rotatable bonds is 5. The average molecular weight is 308 g/mol. The summed E-state index contributed by atoms with van der Waals surface area (Å²) < 4.78 is 32.9. The molecule has 0 spiro atoms. The van der Waals surface area contributed by atoms with E-state index in [0.717, 1.165) is 24.0 Å². The van der Waals surface area contributed by atoms with E-state index in [-0.39, 0.29) is 4.90 Å². The molecule has 2 aromatic rings. The fourth-order valence-electron chi connectivity index (χ4n) is 2.42. The van der Waals surface area contributed by atoms with E-state index >= 15 is 0 Å². The van der Waals surface area contributed by atoms with Crippen LogP contribution < -0.4 is 4.72 Å². The van der Waals surface area contributed by atoms with E-state index in [1.807, 2.05) is 32.0 Å². The second-order valence-corrected chi connectivity index (χ2v) is 6.54. The summed E-state index contributed by atoms with van der Waals surface area (Å²) in [5.41, 5.74) is 2.99. The molecule has 0 saturated carbocycles. The third-order valence-corrected chi connectivity index (χ3v) is 5.07. The van der Waals surface area contributed by atoms with Crippen molar-refractivity contribution in [3.05, 3.63) is 40.8 Å². The van der Waals surface area contributed by atoms with Crippen LogP contribution in [0.1, 0.15) is 36.4 Å². The topological polar surface area (TPSA) is 72.2 Å².